The highest BCUT2D eigenvalue weighted by Crippen LogP contribution is 2.55. The second kappa shape index (κ2) is 8.64. The number of ether oxygens (including phenoxy) is 1. The Hall–Kier alpha value is -3.59. The molecule has 2 heterocycles. The molecule has 0 saturated carbocycles. The Morgan fingerprint density at radius 1 is 1.09 bits per heavy atom. The zero-order valence-electron chi connectivity index (χ0n) is 18.3. The number of methoxy groups -OCH3 is 1. The van der Waals surface area contributed by atoms with Crippen molar-refractivity contribution in [1.29, 1.82) is 0 Å². The molecule has 3 aromatic rings. The van der Waals surface area contributed by atoms with Crippen LogP contribution in [0.5, 0.6) is 5.75 Å². The number of carbonyl (C=O) groups excluding carboxylic acids is 2. The Balaban J connectivity index is 1.55. The van der Waals surface area contributed by atoms with E-state index in [1.165, 1.54) is 54.1 Å². The Morgan fingerprint density at radius 3 is 2.59 bits per heavy atom. The van der Waals surface area contributed by atoms with Gasteiger partial charge in [-0.1, -0.05) is 18.2 Å². The number of thioether (sulfide) groups is 1. The number of rotatable bonds is 4. The van der Waals surface area contributed by atoms with Gasteiger partial charge in [0.15, 0.2) is 4.87 Å². The summed E-state index contributed by atoms with van der Waals surface area (Å²) in [5.74, 6) is -0.0718. The standard InChI is InChI=1S/C25H21F2N3O3S/c1-33-20-8-9-22-21(14-20)25(23(31)29(22)15-16-4-2-5-17(26)12-16)30(10-11-34-25)24(32)28-19-7-3-6-18(27)13-19/h2-9,12-14H,10-11,15H2,1H3,(H,28,32). The maximum absolute atomic E-state index is 14.0. The van der Waals surface area contributed by atoms with Crippen LogP contribution in [0.1, 0.15) is 11.1 Å². The summed E-state index contributed by atoms with van der Waals surface area (Å²) in [5, 5.41) is 2.71. The van der Waals surface area contributed by atoms with Crippen molar-refractivity contribution in [3.8, 4) is 5.75 Å². The van der Waals surface area contributed by atoms with Gasteiger partial charge in [0, 0.05) is 23.5 Å². The summed E-state index contributed by atoms with van der Waals surface area (Å²) < 4.78 is 32.9. The molecule has 174 valence electrons. The minimum absolute atomic E-state index is 0.150. The summed E-state index contributed by atoms with van der Waals surface area (Å²) in [6, 6.07) is 16.5. The number of urea groups is 1. The molecule has 0 radical (unpaired) electrons. The van der Waals surface area contributed by atoms with E-state index in [-0.39, 0.29) is 18.3 Å². The molecule has 34 heavy (non-hydrogen) atoms. The first kappa shape index (κ1) is 22.2. The fourth-order valence-electron chi connectivity index (χ4n) is 4.45. The van der Waals surface area contributed by atoms with Crippen LogP contribution in [0.25, 0.3) is 0 Å². The third-order valence-electron chi connectivity index (χ3n) is 5.95. The predicted molar refractivity (Wildman–Crippen MR) is 127 cm³/mol. The highest BCUT2D eigenvalue weighted by Gasteiger charge is 2.59. The van der Waals surface area contributed by atoms with Crippen molar-refractivity contribution >= 4 is 35.1 Å². The van der Waals surface area contributed by atoms with Crippen LogP contribution in [0.4, 0.5) is 25.0 Å². The van der Waals surface area contributed by atoms with Crippen LogP contribution in [0.3, 0.4) is 0 Å². The van der Waals surface area contributed by atoms with E-state index < -0.39 is 16.7 Å². The van der Waals surface area contributed by atoms with Gasteiger partial charge in [-0.05, 0) is 54.1 Å². The van der Waals surface area contributed by atoms with E-state index in [9.17, 15) is 18.4 Å². The highest BCUT2D eigenvalue weighted by atomic mass is 32.2. The predicted octanol–water partition coefficient (Wildman–Crippen LogP) is 4.95. The second-order valence-corrected chi connectivity index (χ2v) is 9.28. The van der Waals surface area contributed by atoms with Crippen LogP contribution in [-0.4, -0.2) is 36.2 Å². The topological polar surface area (TPSA) is 61.9 Å². The Bertz CT molecular complexity index is 1290. The van der Waals surface area contributed by atoms with Crippen molar-refractivity contribution < 1.29 is 23.1 Å². The Kier molecular flexibility index (Phi) is 5.65. The van der Waals surface area contributed by atoms with E-state index in [1.54, 1.807) is 41.3 Å². The smallest absolute Gasteiger partial charge is 0.323 e. The van der Waals surface area contributed by atoms with Gasteiger partial charge in [-0.3, -0.25) is 9.69 Å². The molecule has 9 heteroatoms. The average molecular weight is 482 g/mol. The molecule has 0 bridgehead atoms. The van der Waals surface area contributed by atoms with Crippen LogP contribution in [0.15, 0.2) is 66.7 Å². The number of hydrogen-bond acceptors (Lipinski definition) is 4. The SMILES string of the molecule is COc1ccc2c(c1)C1(SCCN1C(=O)Nc1cccc(F)c1)C(=O)N2Cc1cccc(F)c1. The number of carbonyl (C=O) groups is 2. The van der Waals surface area contributed by atoms with Crippen molar-refractivity contribution in [1.82, 2.24) is 4.90 Å². The third kappa shape index (κ3) is 3.66. The molecule has 5 rings (SSSR count). The molecule has 3 amide bonds. The molecule has 2 aliphatic heterocycles. The molecule has 1 saturated heterocycles. The van der Waals surface area contributed by atoms with Crippen LogP contribution < -0.4 is 15.0 Å². The lowest BCUT2D eigenvalue weighted by molar-refractivity contribution is -0.123. The maximum Gasteiger partial charge on any atom is 0.323 e. The molecule has 3 aromatic carbocycles. The molecule has 6 nitrogen and oxygen atoms in total. The van der Waals surface area contributed by atoms with Crippen molar-refractivity contribution in [2.45, 2.75) is 11.4 Å². The minimum atomic E-state index is -1.31. The molecule has 2 aliphatic rings. The fraction of sp³-hybridized carbons (Fsp3) is 0.200. The van der Waals surface area contributed by atoms with Gasteiger partial charge >= 0.3 is 6.03 Å². The van der Waals surface area contributed by atoms with E-state index in [0.29, 0.717) is 40.5 Å². The van der Waals surface area contributed by atoms with Crippen molar-refractivity contribution in [2.24, 2.45) is 0 Å². The summed E-state index contributed by atoms with van der Waals surface area (Å²) in [6.07, 6.45) is 0. The lowest BCUT2D eigenvalue weighted by Gasteiger charge is -2.33. The zero-order chi connectivity index (χ0) is 23.9. The first-order valence-electron chi connectivity index (χ1n) is 10.7. The summed E-state index contributed by atoms with van der Waals surface area (Å²) in [7, 11) is 1.53. The third-order valence-corrected chi connectivity index (χ3v) is 7.37. The van der Waals surface area contributed by atoms with Crippen LogP contribution in [0, 0.1) is 11.6 Å². The number of fused-ring (bicyclic) bond motifs is 2. The summed E-state index contributed by atoms with van der Waals surface area (Å²) in [6.45, 7) is 0.472. The van der Waals surface area contributed by atoms with Gasteiger partial charge < -0.3 is 15.0 Å². The number of benzene rings is 3. The van der Waals surface area contributed by atoms with Gasteiger partial charge in [-0.2, -0.15) is 0 Å². The molecule has 0 aromatic heterocycles. The van der Waals surface area contributed by atoms with Gasteiger partial charge in [0.1, 0.15) is 17.4 Å². The molecule has 1 N–H and O–H groups in total. The van der Waals surface area contributed by atoms with Gasteiger partial charge in [0.05, 0.1) is 19.3 Å². The number of hydrogen-bond donors (Lipinski definition) is 1. The van der Waals surface area contributed by atoms with Crippen LogP contribution in [-0.2, 0) is 16.2 Å². The van der Waals surface area contributed by atoms with Gasteiger partial charge in [0.2, 0.25) is 0 Å². The molecule has 0 aliphatic carbocycles. The molecule has 1 spiro atoms. The van der Waals surface area contributed by atoms with Crippen molar-refractivity contribution in [3.05, 3.63) is 89.5 Å². The van der Waals surface area contributed by atoms with Gasteiger partial charge in [0.25, 0.3) is 5.91 Å². The molecule has 1 fully saturated rings. The normalized spacial score (nSPS) is 19.0. The first-order chi connectivity index (χ1) is 16.4. The number of nitrogens with one attached hydrogen (secondary N) is 1. The highest BCUT2D eigenvalue weighted by molar-refractivity contribution is 8.01. The molecule has 1 atom stereocenters. The zero-order valence-corrected chi connectivity index (χ0v) is 19.1. The summed E-state index contributed by atoms with van der Waals surface area (Å²) in [4.78, 5) is 29.1. The van der Waals surface area contributed by atoms with E-state index in [4.69, 9.17) is 4.74 Å². The first-order valence-corrected chi connectivity index (χ1v) is 11.6. The summed E-state index contributed by atoms with van der Waals surface area (Å²) in [5.41, 5.74) is 2.19. The number of anilines is 2. The maximum atomic E-state index is 14.0. The lowest BCUT2D eigenvalue weighted by Crippen LogP contribution is -2.51. The van der Waals surface area contributed by atoms with E-state index in [1.807, 2.05) is 0 Å². The van der Waals surface area contributed by atoms with Gasteiger partial charge in [-0.25, -0.2) is 13.6 Å². The lowest BCUT2D eigenvalue weighted by atomic mass is 10.1. The number of halogens is 2. The quantitative estimate of drug-likeness (QED) is 0.573. The monoisotopic (exact) mass is 481 g/mol. The van der Waals surface area contributed by atoms with Crippen molar-refractivity contribution in [2.75, 3.05) is 29.6 Å². The average Bonchev–Trinajstić information content (AvgIpc) is 3.36. The minimum Gasteiger partial charge on any atom is -0.497 e. The molecule has 1 unspecified atom stereocenters. The Morgan fingerprint density at radius 2 is 1.85 bits per heavy atom. The van der Waals surface area contributed by atoms with E-state index in [2.05, 4.69) is 5.32 Å². The molecular weight excluding hydrogens is 460 g/mol. The van der Waals surface area contributed by atoms with Gasteiger partial charge in [-0.15, -0.1) is 11.8 Å². The van der Waals surface area contributed by atoms with Crippen LogP contribution >= 0.6 is 11.8 Å². The second-order valence-electron chi connectivity index (χ2n) is 7.99. The largest absolute Gasteiger partial charge is 0.497 e. The van der Waals surface area contributed by atoms with E-state index >= 15 is 0 Å². The number of nitrogens with zero attached hydrogens (tertiary/aromatic N) is 2. The Labute approximate surface area is 199 Å². The molecular formula is C25H21F2N3O3S. The number of amides is 3. The fourth-order valence-corrected chi connectivity index (χ4v) is 5.91. The summed E-state index contributed by atoms with van der Waals surface area (Å²) >= 11 is 1.36. The van der Waals surface area contributed by atoms with Crippen molar-refractivity contribution in [3.63, 3.8) is 0 Å². The van der Waals surface area contributed by atoms with Crippen LogP contribution in [0.2, 0.25) is 0 Å². The van der Waals surface area contributed by atoms with E-state index in [0.717, 1.165) is 0 Å².